The van der Waals surface area contributed by atoms with Gasteiger partial charge in [0.25, 0.3) is 0 Å². The van der Waals surface area contributed by atoms with Crippen molar-refractivity contribution in [3.8, 4) is 0 Å². The van der Waals surface area contributed by atoms with Gasteiger partial charge in [-0.25, -0.2) is 0 Å². The van der Waals surface area contributed by atoms with Crippen LogP contribution in [0.3, 0.4) is 0 Å². The predicted molar refractivity (Wildman–Crippen MR) is 46.8 cm³/mol. The van der Waals surface area contributed by atoms with Gasteiger partial charge in [0, 0.05) is 5.92 Å². The first-order chi connectivity index (χ1) is 6.65. The van der Waals surface area contributed by atoms with Gasteiger partial charge in [0.05, 0.1) is 12.8 Å². The summed E-state index contributed by atoms with van der Waals surface area (Å²) in [6, 6.07) is 3.25. The van der Waals surface area contributed by atoms with E-state index in [4.69, 9.17) is 16.0 Å². The van der Waals surface area contributed by atoms with Crippen molar-refractivity contribution in [2.45, 2.75) is 18.8 Å². The molecule has 5 heteroatoms. The number of hydrogen-bond acceptors (Lipinski definition) is 4. The Hall–Kier alpha value is -1.29. The van der Waals surface area contributed by atoms with E-state index in [9.17, 15) is 9.59 Å². The van der Waals surface area contributed by atoms with Gasteiger partial charge in [-0.2, -0.15) is 0 Å². The smallest absolute Gasteiger partial charge is 0.314 e. The molecule has 0 bridgehead atoms. The van der Waals surface area contributed by atoms with E-state index >= 15 is 0 Å². The van der Waals surface area contributed by atoms with Gasteiger partial charge in [0.1, 0.15) is 5.76 Å². The molecule has 1 saturated heterocycles. The fourth-order valence-corrected chi connectivity index (χ4v) is 1.59. The number of halogens is 1. The lowest BCUT2D eigenvalue weighted by Gasteiger charge is -2.17. The summed E-state index contributed by atoms with van der Waals surface area (Å²) < 4.78 is 9.52. The van der Waals surface area contributed by atoms with E-state index in [1.54, 1.807) is 12.1 Å². The molecule has 0 aliphatic carbocycles. The minimum Gasteiger partial charge on any atom is -0.449 e. The van der Waals surface area contributed by atoms with Crippen molar-refractivity contribution >= 4 is 23.5 Å². The molecule has 0 radical (unpaired) electrons. The largest absolute Gasteiger partial charge is 0.449 e. The second-order valence-corrected chi connectivity index (χ2v) is 3.47. The number of ether oxygens (including phenoxy) is 1. The number of cyclic esters (lactones) is 2. The molecular weight excluding hydrogens is 208 g/mol. The second-order valence-electron chi connectivity index (χ2n) is 3.09. The highest BCUT2D eigenvalue weighted by atomic mass is 35.5. The topological polar surface area (TPSA) is 56.5 Å². The fraction of sp³-hybridized carbons (Fsp3) is 0.333. The van der Waals surface area contributed by atoms with E-state index in [0.717, 1.165) is 0 Å². The van der Waals surface area contributed by atoms with Crippen LogP contribution in [-0.4, -0.2) is 11.9 Å². The molecule has 74 valence electrons. The van der Waals surface area contributed by atoms with Crippen molar-refractivity contribution in [2.24, 2.45) is 0 Å². The molecule has 1 aliphatic rings. The summed E-state index contributed by atoms with van der Waals surface area (Å²) in [5.74, 6) is -0.714. The van der Waals surface area contributed by atoms with E-state index in [0.29, 0.717) is 5.76 Å². The summed E-state index contributed by atoms with van der Waals surface area (Å²) >= 11 is 5.58. The maximum Gasteiger partial charge on any atom is 0.314 e. The minimum atomic E-state index is -0.515. The first-order valence-electron chi connectivity index (χ1n) is 4.14. The van der Waals surface area contributed by atoms with Crippen LogP contribution in [0.4, 0.5) is 0 Å². The summed E-state index contributed by atoms with van der Waals surface area (Å²) in [7, 11) is 0. The number of hydrogen-bond donors (Lipinski definition) is 0. The van der Waals surface area contributed by atoms with Crippen LogP contribution in [0.1, 0.15) is 24.5 Å². The minimum absolute atomic E-state index is 0.162. The van der Waals surface area contributed by atoms with Crippen molar-refractivity contribution < 1.29 is 18.7 Å². The molecular formula is C9H7ClO4. The Kier molecular flexibility index (Phi) is 2.29. The number of esters is 2. The Bertz CT molecular complexity index is 366. The van der Waals surface area contributed by atoms with Crippen LogP contribution in [0.5, 0.6) is 0 Å². The van der Waals surface area contributed by atoms with E-state index < -0.39 is 11.9 Å². The number of furan rings is 1. The predicted octanol–water partition coefficient (Wildman–Crippen LogP) is 1.88. The highest BCUT2D eigenvalue weighted by Crippen LogP contribution is 2.30. The van der Waals surface area contributed by atoms with Gasteiger partial charge >= 0.3 is 11.9 Å². The molecule has 1 aromatic rings. The Morgan fingerprint density at radius 1 is 1.21 bits per heavy atom. The van der Waals surface area contributed by atoms with E-state index in [1.807, 2.05) is 0 Å². The molecule has 0 aromatic carbocycles. The standard InChI is InChI=1S/C9H7ClO4/c10-7-2-1-6(13-7)5-3-8(11)14-9(12)4-5/h1-2,5H,3-4H2. The van der Waals surface area contributed by atoms with Crippen molar-refractivity contribution in [1.82, 2.24) is 0 Å². The monoisotopic (exact) mass is 214 g/mol. The van der Waals surface area contributed by atoms with Crippen molar-refractivity contribution in [3.05, 3.63) is 23.1 Å². The second kappa shape index (κ2) is 3.46. The van der Waals surface area contributed by atoms with Crippen LogP contribution in [0.25, 0.3) is 0 Å². The van der Waals surface area contributed by atoms with Crippen molar-refractivity contribution in [2.75, 3.05) is 0 Å². The van der Waals surface area contributed by atoms with Crippen LogP contribution in [-0.2, 0) is 14.3 Å². The molecule has 0 N–H and O–H groups in total. The molecule has 1 aliphatic heterocycles. The van der Waals surface area contributed by atoms with Gasteiger partial charge in [0.15, 0.2) is 5.22 Å². The average molecular weight is 215 g/mol. The van der Waals surface area contributed by atoms with E-state index in [2.05, 4.69) is 4.74 Å². The normalized spacial score (nSPS) is 18.4. The highest BCUT2D eigenvalue weighted by Gasteiger charge is 2.30. The first kappa shape index (κ1) is 9.27. The summed E-state index contributed by atoms with van der Waals surface area (Å²) in [4.78, 5) is 21.9. The zero-order valence-corrected chi connectivity index (χ0v) is 7.91. The Labute approximate surface area is 84.8 Å². The molecule has 0 unspecified atom stereocenters. The molecule has 14 heavy (non-hydrogen) atoms. The van der Waals surface area contributed by atoms with Crippen LogP contribution < -0.4 is 0 Å². The fourth-order valence-electron chi connectivity index (χ4n) is 1.43. The molecule has 0 amide bonds. The number of rotatable bonds is 1. The Balaban J connectivity index is 2.18. The van der Waals surface area contributed by atoms with E-state index in [1.165, 1.54) is 0 Å². The van der Waals surface area contributed by atoms with Crippen LogP contribution in [0.15, 0.2) is 16.5 Å². The molecule has 4 nitrogen and oxygen atoms in total. The molecule has 1 fully saturated rings. The lowest BCUT2D eigenvalue weighted by Crippen LogP contribution is -2.23. The van der Waals surface area contributed by atoms with Gasteiger partial charge in [-0.3, -0.25) is 9.59 Å². The quantitative estimate of drug-likeness (QED) is 0.529. The summed E-state index contributed by atoms with van der Waals surface area (Å²) in [5, 5.41) is 0.256. The molecule has 0 saturated carbocycles. The maximum absolute atomic E-state index is 10.9. The van der Waals surface area contributed by atoms with Gasteiger partial charge < -0.3 is 9.15 Å². The van der Waals surface area contributed by atoms with Crippen LogP contribution in [0, 0.1) is 0 Å². The van der Waals surface area contributed by atoms with Crippen molar-refractivity contribution in [1.29, 1.82) is 0 Å². The summed E-state index contributed by atoms with van der Waals surface area (Å²) in [6.45, 7) is 0. The Morgan fingerprint density at radius 2 is 1.86 bits per heavy atom. The highest BCUT2D eigenvalue weighted by molar-refractivity contribution is 6.28. The van der Waals surface area contributed by atoms with Gasteiger partial charge in [0.2, 0.25) is 0 Å². The third-order valence-corrected chi connectivity index (χ3v) is 2.25. The molecule has 2 heterocycles. The zero-order chi connectivity index (χ0) is 10.1. The van der Waals surface area contributed by atoms with Gasteiger partial charge in [-0.05, 0) is 23.7 Å². The molecule has 2 rings (SSSR count). The van der Waals surface area contributed by atoms with Crippen molar-refractivity contribution in [3.63, 3.8) is 0 Å². The number of carbonyl (C=O) groups excluding carboxylic acids is 2. The van der Waals surface area contributed by atoms with Crippen LogP contribution >= 0.6 is 11.6 Å². The zero-order valence-electron chi connectivity index (χ0n) is 7.16. The average Bonchev–Trinajstić information content (AvgIpc) is 2.50. The maximum atomic E-state index is 10.9. The lowest BCUT2D eigenvalue weighted by molar-refractivity contribution is -0.164. The Morgan fingerprint density at radius 3 is 2.36 bits per heavy atom. The van der Waals surface area contributed by atoms with Crippen LogP contribution in [0.2, 0.25) is 5.22 Å². The van der Waals surface area contributed by atoms with E-state index in [-0.39, 0.29) is 24.0 Å². The first-order valence-corrected chi connectivity index (χ1v) is 4.51. The molecule has 0 atom stereocenters. The number of carbonyl (C=O) groups is 2. The van der Waals surface area contributed by atoms with Gasteiger partial charge in [-0.15, -0.1) is 0 Å². The summed E-state index contributed by atoms with van der Waals surface area (Å²) in [6.07, 6.45) is 0.325. The third-order valence-electron chi connectivity index (χ3n) is 2.05. The van der Waals surface area contributed by atoms with Gasteiger partial charge in [-0.1, -0.05) is 0 Å². The summed E-state index contributed by atoms with van der Waals surface area (Å²) in [5.41, 5.74) is 0. The SMILES string of the molecule is O=C1CC(c2ccc(Cl)o2)CC(=O)O1. The molecule has 1 aromatic heterocycles. The lowest BCUT2D eigenvalue weighted by atomic mass is 9.97. The molecule has 0 spiro atoms. The third kappa shape index (κ3) is 1.80.